The lowest BCUT2D eigenvalue weighted by molar-refractivity contribution is -0.115. The van der Waals surface area contributed by atoms with Crippen molar-refractivity contribution in [2.45, 2.75) is 19.3 Å². The molecule has 1 saturated heterocycles. The molecule has 7 nitrogen and oxygen atoms in total. The number of anilines is 1. The molecule has 1 N–H and O–H groups in total. The van der Waals surface area contributed by atoms with Crippen LogP contribution in [0.3, 0.4) is 0 Å². The SMILES string of the molecule is O=C(Cc1c(Cl)cccc1Cl)Nc1cc(Cc2ccc(OCCCN3CCOCC3)cc2)ncn1. The molecule has 1 aromatic heterocycles. The maximum Gasteiger partial charge on any atom is 0.230 e. The van der Waals surface area contributed by atoms with Crippen molar-refractivity contribution in [1.29, 1.82) is 0 Å². The summed E-state index contributed by atoms with van der Waals surface area (Å²) < 4.78 is 11.3. The molecule has 1 aliphatic rings. The minimum atomic E-state index is -0.250. The van der Waals surface area contributed by atoms with Gasteiger partial charge in [-0.1, -0.05) is 41.4 Å². The van der Waals surface area contributed by atoms with Crippen LogP contribution in [0, 0.1) is 0 Å². The van der Waals surface area contributed by atoms with Crippen molar-refractivity contribution in [3.05, 3.63) is 81.7 Å². The van der Waals surface area contributed by atoms with E-state index in [1.165, 1.54) is 6.33 Å². The van der Waals surface area contributed by atoms with Crippen molar-refractivity contribution in [3.63, 3.8) is 0 Å². The molecule has 9 heteroatoms. The first-order valence-corrected chi connectivity index (χ1v) is 12.4. The van der Waals surface area contributed by atoms with Gasteiger partial charge in [-0.15, -0.1) is 0 Å². The van der Waals surface area contributed by atoms with Crippen LogP contribution in [-0.2, 0) is 22.4 Å². The first-order valence-electron chi connectivity index (χ1n) is 11.6. The van der Waals surface area contributed by atoms with Crippen molar-refractivity contribution in [2.24, 2.45) is 0 Å². The number of ether oxygens (including phenoxy) is 2. The number of rotatable bonds is 10. The molecular formula is C26H28Cl2N4O3. The van der Waals surface area contributed by atoms with Gasteiger partial charge in [-0.25, -0.2) is 9.97 Å². The Morgan fingerprint density at radius 1 is 1.06 bits per heavy atom. The van der Waals surface area contributed by atoms with Gasteiger partial charge in [0.15, 0.2) is 0 Å². The second-order valence-electron chi connectivity index (χ2n) is 8.30. The zero-order valence-corrected chi connectivity index (χ0v) is 20.9. The van der Waals surface area contributed by atoms with Gasteiger partial charge in [-0.2, -0.15) is 0 Å². The fraction of sp³-hybridized carbons (Fsp3) is 0.346. The third-order valence-electron chi connectivity index (χ3n) is 5.69. The zero-order valence-electron chi connectivity index (χ0n) is 19.4. The second kappa shape index (κ2) is 12.8. The standard InChI is InChI=1S/C26H28Cl2N4O3/c27-23-3-1-4-24(28)22(23)17-26(33)31-25-16-20(29-18-30-25)15-19-5-7-21(8-6-19)35-12-2-9-32-10-13-34-14-11-32/h1,3-8,16,18H,2,9-15,17H2,(H,29,30,31,33). The summed E-state index contributed by atoms with van der Waals surface area (Å²) in [5.41, 5.74) is 2.47. The molecule has 0 aliphatic carbocycles. The number of carbonyl (C=O) groups is 1. The third-order valence-corrected chi connectivity index (χ3v) is 6.40. The summed E-state index contributed by atoms with van der Waals surface area (Å²) >= 11 is 12.3. The molecular weight excluding hydrogens is 487 g/mol. The summed E-state index contributed by atoms with van der Waals surface area (Å²) in [6.07, 6.45) is 3.10. The smallest absolute Gasteiger partial charge is 0.230 e. The van der Waals surface area contributed by atoms with Gasteiger partial charge in [0.1, 0.15) is 17.9 Å². The van der Waals surface area contributed by atoms with Gasteiger partial charge in [-0.05, 0) is 41.8 Å². The van der Waals surface area contributed by atoms with E-state index in [-0.39, 0.29) is 12.3 Å². The van der Waals surface area contributed by atoms with E-state index >= 15 is 0 Å². The Morgan fingerprint density at radius 2 is 1.80 bits per heavy atom. The van der Waals surface area contributed by atoms with Crippen LogP contribution in [0.4, 0.5) is 5.82 Å². The van der Waals surface area contributed by atoms with E-state index in [0.717, 1.165) is 56.3 Å². The summed E-state index contributed by atoms with van der Waals surface area (Å²) in [6, 6.07) is 14.9. The van der Waals surface area contributed by atoms with Crippen LogP contribution in [0.25, 0.3) is 0 Å². The maximum atomic E-state index is 12.5. The topological polar surface area (TPSA) is 76.6 Å². The van der Waals surface area contributed by atoms with Crippen LogP contribution in [0.5, 0.6) is 5.75 Å². The van der Waals surface area contributed by atoms with Crippen molar-refractivity contribution in [2.75, 3.05) is 44.8 Å². The molecule has 2 heterocycles. The Labute approximate surface area is 215 Å². The maximum absolute atomic E-state index is 12.5. The molecule has 4 rings (SSSR count). The van der Waals surface area contributed by atoms with Crippen LogP contribution >= 0.6 is 23.2 Å². The number of aromatic nitrogens is 2. The number of nitrogens with one attached hydrogen (secondary N) is 1. The lowest BCUT2D eigenvalue weighted by atomic mass is 10.1. The highest BCUT2D eigenvalue weighted by Crippen LogP contribution is 2.25. The van der Waals surface area contributed by atoms with E-state index in [2.05, 4.69) is 20.2 Å². The zero-order chi connectivity index (χ0) is 24.5. The summed E-state index contributed by atoms with van der Waals surface area (Å²) in [7, 11) is 0. The quantitative estimate of drug-likeness (QED) is 0.396. The van der Waals surface area contributed by atoms with E-state index in [9.17, 15) is 4.79 Å². The van der Waals surface area contributed by atoms with Crippen LogP contribution < -0.4 is 10.1 Å². The number of halogens is 2. The molecule has 0 bridgehead atoms. The Balaban J connectivity index is 1.25. The van der Waals surface area contributed by atoms with E-state index < -0.39 is 0 Å². The fourth-order valence-electron chi connectivity index (χ4n) is 3.83. The number of hydrogen-bond donors (Lipinski definition) is 1. The van der Waals surface area contributed by atoms with Gasteiger partial charge in [0.2, 0.25) is 5.91 Å². The summed E-state index contributed by atoms with van der Waals surface area (Å²) in [5, 5.41) is 3.71. The molecule has 184 valence electrons. The first-order chi connectivity index (χ1) is 17.1. The average Bonchev–Trinajstić information content (AvgIpc) is 2.86. The Kier molecular flexibility index (Phi) is 9.31. The molecule has 35 heavy (non-hydrogen) atoms. The molecule has 0 unspecified atom stereocenters. The third kappa shape index (κ3) is 7.90. The van der Waals surface area contributed by atoms with Crippen LogP contribution in [0.2, 0.25) is 10.0 Å². The fourth-order valence-corrected chi connectivity index (χ4v) is 4.36. The molecule has 1 amide bonds. The molecule has 1 aliphatic heterocycles. The van der Waals surface area contributed by atoms with Crippen molar-refractivity contribution in [3.8, 4) is 5.75 Å². The molecule has 0 spiro atoms. The number of amides is 1. The highest BCUT2D eigenvalue weighted by molar-refractivity contribution is 6.36. The first kappa shape index (κ1) is 25.4. The number of morpholine rings is 1. The van der Waals surface area contributed by atoms with E-state index in [4.69, 9.17) is 32.7 Å². The molecule has 0 atom stereocenters. The highest BCUT2D eigenvalue weighted by atomic mass is 35.5. The lowest BCUT2D eigenvalue weighted by Gasteiger charge is -2.26. The molecule has 2 aromatic carbocycles. The Morgan fingerprint density at radius 3 is 2.54 bits per heavy atom. The van der Waals surface area contributed by atoms with Crippen LogP contribution in [0.1, 0.15) is 23.2 Å². The average molecular weight is 515 g/mol. The van der Waals surface area contributed by atoms with Gasteiger partial charge in [0.25, 0.3) is 0 Å². The molecule has 0 saturated carbocycles. The Hall–Kier alpha value is -2.71. The Bertz CT molecular complexity index is 1100. The molecule has 3 aromatic rings. The summed E-state index contributed by atoms with van der Waals surface area (Å²) in [6.45, 7) is 5.35. The number of nitrogens with zero attached hydrogens (tertiary/aromatic N) is 3. The predicted molar refractivity (Wildman–Crippen MR) is 137 cm³/mol. The number of benzene rings is 2. The predicted octanol–water partition coefficient (Wildman–Crippen LogP) is 4.66. The van der Waals surface area contributed by atoms with Gasteiger partial charge in [0, 0.05) is 42.2 Å². The highest BCUT2D eigenvalue weighted by Gasteiger charge is 2.12. The van der Waals surface area contributed by atoms with Gasteiger partial charge < -0.3 is 14.8 Å². The van der Waals surface area contributed by atoms with Crippen molar-refractivity contribution < 1.29 is 14.3 Å². The second-order valence-corrected chi connectivity index (χ2v) is 9.11. The van der Waals surface area contributed by atoms with Crippen LogP contribution in [0.15, 0.2) is 54.9 Å². The summed E-state index contributed by atoms with van der Waals surface area (Å²) in [4.78, 5) is 23.4. The summed E-state index contributed by atoms with van der Waals surface area (Å²) in [5.74, 6) is 1.03. The minimum Gasteiger partial charge on any atom is -0.494 e. The van der Waals surface area contributed by atoms with Gasteiger partial charge >= 0.3 is 0 Å². The number of carbonyl (C=O) groups excluding carboxylic acids is 1. The van der Waals surface area contributed by atoms with E-state index in [1.807, 2.05) is 24.3 Å². The van der Waals surface area contributed by atoms with Gasteiger partial charge in [0.05, 0.1) is 31.9 Å². The minimum absolute atomic E-state index is 0.0613. The van der Waals surface area contributed by atoms with Crippen molar-refractivity contribution in [1.82, 2.24) is 14.9 Å². The van der Waals surface area contributed by atoms with E-state index in [1.54, 1.807) is 24.3 Å². The van der Waals surface area contributed by atoms with Crippen LogP contribution in [-0.4, -0.2) is 60.2 Å². The van der Waals surface area contributed by atoms with Crippen molar-refractivity contribution >= 4 is 34.9 Å². The largest absolute Gasteiger partial charge is 0.494 e. The monoisotopic (exact) mass is 514 g/mol. The molecule has 1 fully saturated rings. The number of hydrogen-bond acceptors (Lipinski definition) is 6. The van der Waals surface area contributed by atoms with Gasteiger partial charge in [-0.3, -0.25) is 9.69 Å². The lowest BCUT2D eigenvalue weighted by Crippen LogP contribution is -2.37. The molecule has 0 radical (unpaired) electrons. The normalized spacial score (nSPS) is 14.0. The van der Waals surface area contributed by atoms with E-state index in [0.29, 0.717) is 34.5 Å².